The fourth-order valence-corrected chi connectivity index (χ4v) is 2.06. The number of amides is 2. The quantitative estimate of drug-likeness (QED) is 0.438. The first-order valence-corrected chi connectivity index (χ1v) is 6.79. The molecule has 23 heavy (non-hydrogen) atoms. The number of benzene rings is 2. The molecule has 3 aromatic rings. The van der Waals surface area contributed by atoms with Gasteiger partial charge >= 0.3 is 6.03 Å². The summed E-state index contributed by atoms with van der Waals surface area (Å²) in [5, 5.41) is 22.9. The van der Waals surface area contributed by atoms with Crippen LogP contribution in [0.25, 0.3) is 10.8 Å². The van der Waals surface area contributed by atoms with Crippen LogP contribution in [0.3, 0.4) is 0 Å². The fraction of sp³-hybridized carbons (Fsp3) is 0.0667. The van der Waals surface area contributed by atoms with Crippen molar-refractivity contribution in [2.24, 2.45) is 5.10 Å². The average Bonchev–Trinajstić information content (AvgIpc) is 2.87. The number of aromatic nitrogens is 2. The zero-order valence-corrected chi connectivity index (χ0v) is 12.2. The van der Waals surface area contributed by atoms with Crippen molar-refractivity contribution in [3.63, 3.8) is 0 Å². The van der Waals surface area contributed by atoms with Crippen LogP contribution in [0, 0.1) is 12.1 Å². The third-order valence-electron chi connectivity index (χ3n) is 3.25. The number of urea groups is 1. The maximum atomic E-state index is 11.9. The predicted octanol–water partition coefficient (Wildman–Crippen LogP) is 1.93. The van der Waals surface area contributed by atoms with E-state index in [0.717, 1.165) is 10.8 Å². The monoisotopic (exact) mass is 311 g/mol. The predicted molar refractivity (Wildman–Crippen MR) is 83.9 cm³/mol. The molecule has 0 aliphatic rings. The standard InChI is InChI=1S/C15H13N5O3/c1-10-14(19-23-20(10)22)9-16-18-15(21)17-13-8-4-6-11-5-2-3-7-12(11)13/h2-9H,1H3,(H2,17,18,21)/b16-9+. The highest BCUT2D eigenvalue weighted by Gasteiger charge is 2.11. The smallest absolute Gasteiger partial charge is 0.339 e. The van der Waals surface area contributed by atoms with Crippen molar-refractivity contribution in [2.45, 2.75) is 6.92 Å². The number of hydrogen-bond donors (Lipinski definition) is 2. The van der Waals surface area contributed by atoms with E-state index in [0.29, 0.717) is 5.69 Å². The Balaban J connectivity index is 1.68. The minimum atomic E-state index is -0.506. The summed E-state index contributed by atoms with van der Waals surface area (Å²) in [6.45, 7) is 1.53. The summed E-state index contributed by atoms with van der Waals surface area (Å²) >= 11 is 0. The number of hydrazone groups is 1. The van der Waals surface area contributed by atoms with Crippen LogP contribution in [0.4, 0.5) is 10.5 Å². The molecule has 1 aromatic heterocycles. The molecule has 0 atom stereocenters. The molecule has 8 heteroatoms. The third kappa shape index (κ3) is 3.10. The van der Waals surface area contributed by atoms with Gasteiger partial charge in [-0.05, 0) is 16.4 Å². The Morgan fingerprint density at radius 1 is 1.30 bits per heavy atom. The van der Waals surface area contributed by atoms with E-state index < -0.39 is 6.03 Å². The second kappa shape index (κ2) is 6.14. The van der Waals surface area contributed by atoms with E-state index in [1.807, 2.05) is 36.4 Å². The molecule has 0 saturated carbocycles. The van der Waals surface area contributed by atoms with Gasteiger partial charge in [0.1, 0.15) is 6.21 Å². The summed E-state index contributed by atoms with van der Waals surface area (Å²) in [6, 6.07) is 12.8. The third-order valence-corrected chi connectivity index (χ3v) is 3.25. The van der Waals surface area contributed by atoms with Crippen molar-refractivity contribution in [3.8, 4) is 0 Å². The van der Waals surface area contributed by atoms with Crippen LogP contribution in [-0.2, 0) is 0 Å². The fourth-order valence-electron chi connectivity index (χ4n) is 2.06. The number of nitrogens with zero attached hydrogens (tertiary/aromatic N) is 3. The van der Waals surface area contributed by atoms with E-state index >= 15 is 0 Å². The lowest BCUT2D eigenvalue weighted by atomic mass is 10.1. The Bertz CT molecular complexity index is 882. The SMILES string of the molecule is Cc1c(/C=N/NC(=O)Nc2cccc3ccccc23)no[n+]1[O-]. The van der Waals surface area contributed by atoms with Crippen LogP contribution in [0.1, 0.15) is 11.4 Å². The van der Waals surface area contributed by atoms with Gasteiger partial charge in [-0.3, -0.25) is 4.63 Å². The van der Waals surface area contributed by atoms with Crippen molar-refractivity contribution < 1.29 is 14.3 Å². The molecule has 0 bridgehead atoms. The van der Waals surface area contributed by atoms with E-state index in [4.69, 9.17) is 0 Å². The van der Waals surface area contributed by atoms with Crippen LogP contribution >= 0.6 is 0 Å². The first-order valence-electron chi connectivity index (χ1n) is 6.79. The Labute approximate surface area is 130 Å². The van der Waals surface area contributed by atoms with Gasteiger partial charge in [-0.2, -0.15) is 5.10 Å². The minimum Gasteiger partial charge on any atom is -0.359 e. The first-order chi connectivity index (χ1) is 11.1. The average molecular weight is 311 g/mol. The van der Waals surface area contributed by atoms with Gasteiger partial charge in [-0.15, -0.1) is 0 Å². The van der Waals surface area contributed by atoms with Crippen molar-refractivity contribution in [1.82, 2.24) is 10.6 Å². The second-order valence-corrected chi connectivity index (χ2v) is 4.75. The maximum absolute atomic E-state index is 11.9. The van der Waals surface area contributed by atoms with Crippen molar-refractivity contribution in [1.29, 1.82) is 0 Å². The molecule has 8 nitrogen and oxygen atoms in total. The van der Waals surface area contributed by atoms with E-state index in [2.05, 4.69) is 25.6 Å². The van der Waals surface area contributed by atoms with Gasteiger partial charge in [0, 0.05) is 17.5 Å². The van der Waals surface area contributed by atoms with E-state index in [-0.39, 0.29) is 16.3 Å². The molecule has 0 fully saturated rings. The van der Waals surface area contributed by atoms with Crippen LogP contribution < -0.4 is 15.6 Å². The van der Waals surface area contributed by atoms with Crippen LogP contribution in [0.2, 0.25) is 0 Å². The van der Waals surface area contributed by atoms with Gasteiger partial charge in [-0.25, -0.2) is 10.2 Å². The van der Waals surface area contributed by atoms with E-state index in [9.17, 15) is 10.0 Å². The molecule has 0 aliphatic carbocycles. The van der Waals surface area contributed by atoms with Crippen LogP contribution in [-0.4, -0.2) is 17.4 Å². The van der Waals surface area contributed by atoms with E-state index in [1.54, 1.807) is 6.07 Å². The summed E-state index contributed by atoms with van der Waals surface area (Å²) in [5.41, 5.74) is 3.48. The molecule has 1 heterocycles. The number of hydrogen-bond acceptors (Lipinski definition) is 5. The first kappa shape index (κ1) is 14.5. The van der Waals surface area contributed by atoms with Crippen molar-refractivity contribution in [3.05, 3.63) is 59.1 Å². The highest BCUT2D eigenvalue weighted by Crippen LogP contribution is 2.22. The molecule has 116 valence electrons. The molecule has 3 rings (SSSR count). The van der Waals surface area contributed by atoms with Gasteiger partial charge in [0.2, 0.25) is 5.69 Å². The highest BCUT2D eigenvalue weighted by molar-refractivity contribution is 6.01. The van der Waals surface area contributed by atoms with Crippen LogP contribution in [0.5, 0.6) is 0 Å². The molecule has 2 amide bonds. The van der Waals surface area contributed by atoms with E-state index in [1.165, 1.54) is 13.1 Å². The Morgan fingerprint density at radius 3 is 2.87 bits per heavy atom. The molecule has 0 unspecified atom stereocenters. The number of fused-ring (bicyclic) bond motifs is 1. The summed E-state index contributed by atoms with van der Waals surface area (Å²) in [4.78, 5) is 12.2. The lowest BCUT2D eigenvalue weighted by Crippen LogP contribution is -2.26. The largest absolute Gasteiger partial charge is 0.359 e. The summed E-state index contributed by atoms with van der Waals surface area (Å²) in [7, 11) is 0. The molecular formula is C15H13N5O3. The lowest BCUT2D eigenvalue weighted by Gasteiger charge is -2.07. The molecule has 0 aliphatic heterocycles. The zero-order valence-electron chi connectivity index (χ0n) is 12.2. The summed E-state index contributed by atoms with van der Waals surface area (Å²) < 4.78 is 4.39. The second-order valence-electron chi connectivity index (χ2n) is 4.75. The normalized spacial score (nSPS) is 11.0. The Kier molecular flexibility index (Phi) is 3.88. The van der Waals surface area contributed by atoms with Gasteiger partial charge in [0.25, 0.3) is 5.69 Å². The van der Waals surface area contributed by atoms with Crippen molar-refractivity contribution >= 4 is 28.7 Å². The Morgan fingerprint density at radius 2 is 2.09 bits per heavy atom. The minimum absolute atomic E-state index is 0.241. The summed E-state index contributed by atoms with van der Waals surface area (Å²) in [6.07, 6.45) is 1.23. The topological polar surface area (TPSA) is 106 Å². The molecule has 0 radical (unpaired) electrons. The van der Waals surface area contributed by atoms with Crippen LogP contribution in [0.15, 0.2) is 52.2 Å². The molecule has 0 spiro atoms. The molecule has 0 saturated heterocycles. The molecule has 2 N–H and O–H groups in total. The molecule has 2 aromatic carbocycles. The van der Waals surface area contributed by atoms with Gasteiger partial charge in [-0.1, -0.05) is 36.4 Å². The van der Waals surface area contributed by atoms with Gasteiger partial charge in [0.15, 0.2) is 0 Å². The van der Waals surface area contributed by atoms with Crippen molar-refractivity contribution in [2.75, 3.05) is 5.32 Å². The summed E-state index contributed by atoms with van der Waals surface area (Å²) in [5.74, 6) is 0. The number of carbonyl (C=O) groups excluding carboxylic acids is 1. The lowest BCUT2D eigenvalue weighted by molar-refractivity contribution is -0.806. The maximum Gasteiger partial charge on any atom is 0.339 e. The molecular weight excluding hydrogens is 298 g/mol. The highest BCUT2D eigenvalue weighted by atomic mass is 16.8. The number of nitrogens with one attached hydrogen (secondary N) is 2. The van der Waals surface area contributed by atoms with Gasteiger partial charge < -0.3 is 10.5 Å². The Hall–Kier alpha value is -3.42. The number of carbonyl (C=O) groups is 1. The zero-order chi connectivity index (χ0) is 16.2. The number of anilines is 1. The number of rotatable bonds is 3. The van der Waals surface area contributed by atoms with Gasteiger partial charge in [0.05, 0.1) is 5.69 Å².